The molecule has 108 valence electrons. The van der Waals surface area contributed by atoms with Crippen molar-refractivity contribution < 1.29 is 14.3 Å². The fraction of sp³-hybridized carbons (Fsp3) is 0.222. The molecule has 0 bridgehead atoms. The molecule has 21 heavy (non-hydrogen) atoms. The van der Waals surface area contributed by atoms with Crippen molar-refractivity contribution in [3.05, 3.63) is 65.4 Å². The first-order valence-electron chi connectivity index (χ1n) is 6.97. The Hall–Kier alpha value is -2.26. The van der Waals surface area contributed by atoms with Crippen LogP contribution in [0, 0.1) is 6.92 Å². The summed E-state index contributed by atoms with van der Waals surface area (Å²) in [6, 6.07) is 15.6. The molecule has 0 radical (unpaired) electrons. The highest BCUT2D eigenvalue weighted by Gasteiger charge is 2.16. The van der Waals surface area contributed by atoms with Crippen LogP contribution in [0.2, 0.25) is 0 Å². The molecule has 1 N–H and O–H groups in total. The number of rotatable bonds is 4. The molecule has 0 aliphatic carbocycles. The Morgan fingerprint density at radius 1 is 1.14 bits per heavy atom. The minimum atomic E-state index is -0.687. The number of methoxy groups -OCH3 is 1. The summed E-state index contributed by atoms with van der Waals surface area (Å²) in [7, 11) is 1.64. The molecule has 1 heterocycles. The number of ether oxygens (including phenoxy) is 1. The van der Waals surface area contributed by atoms with E-state index in [1.54, 1.807) is 7.11 Å². The number of aryl methyl sites for hydroxylation is 1. The van der Waals surface area contributed by atoms with Gasteiger partial charge in [0.05, 0.1) is 7.11 Å². The highest BCUT2D eigenvalue weighted by atomic mass is 16.5. The second kappa shape index (κ2) is 5.62. The van der Waals surface area contributed by atoms with E-state index in [0.29, 0.717) is 12.2 Å². The quantitative estimate of drug-likeness (QED) is 0.785. The van der Waals surface area contributed by atoms with E-state index in [9.17, 15) is 5.11 Å². The molecule has 0 amide bonds. The minimum absolute atomic E-state index is 0.463. The lowest BCUT2D eigenvalue weighted by Gasteiger charge is -2.12. The molecule has 1 unspecified atom stereocenters. The van der Waals surface area contributed by atoms with E-state index in [2.05, 4.69) is 0 Å². The van der Waals surface area contributed by atoms with Crippen LogP contribution < -0.4 is 4.74 Å². The monoisotopic (exact) mass is 282 g/mol. The molecule has 0 saturated heterocycles. The van der Waals surface area contributed by atoms with Crippen LogP contribution in [0.15, 0.2) is 52.9 Å². The van der Waals surface area contributed by atoms with Gasteiger partial charge in [-0.3, -0.25) is 0 Å². The van der Waals surface area contributed by atoms with Crippen molar-refractivity contribution in [2.45, 2.75) is 19.4 Å². The second-order valence-electron chi connectivity index (χ2n) is 5.22. The summed E-state index contributed by atoms with van der Waals surface area (Å²) in [5.74, 6) is 1.37. The van der Waals surface area contributed by atoms with Crippen LogP contribution in [0.1, 0.15) is 23.0 Å². The van der Waals surface area contributed by atoms with E-state index in [0.717, 1.165) is 27.8 Å². The predicted octanol–water partition coefficient (Wildman–Crippen LogP) is 4.03. The molecular formula is C18H18O3. The van der Waals surface area contributed by atoms with Gasteiger partial charge < -0.3 is 14.3 Å². The topological polar surface area (TPSA) is 42.6 Å². The van der Waals surface area contributed by atoms with E-state index in [4.69, 9.17) is 9.15 Å². The minimum Gasteiger partial charge on any atom is -0.496 e. The summed E-state index contributed by atoms with van der Waals surface area (Å²) >= 11 is 0. The van der Waals surface area contributed by atoms with E-state index in [1.807, 2.05) is 55.5 Å². The molecule has 3 aromatic rings. The molecular weight excluding hydrogens is 264 g/mol. The van der Waals surface area contributed by atoms with E-state index < -0.39 is 6.10 Å². The summed E-state index contributed by atoms with van der Waals surface area (Å²) in [6.07, 6.45) is -0.224. The first-order chi connectivity index (χ1) is 10.2. The van der Waals surface area contributed by atoms with Crippen LogP contribution in [-0.4, -0.2) is 12.2 Å². The zero-order valence-electron chi connectivity index (χ0n) is 12.2. The van der Waals surface area contributed by atoms with Crippen LogP contribution in [0.5, 0.6) is 5.75 Å². The van der Waals surface area contributed by atoms with Crippen molar-refractivity contribution in [1.82, 2.24) is 0 Å². The van der Waals surface area contributed by atoms with Crippen molar-refractivity contribution in [3.63, 3.8) is 0 Å². The number of hydrogen-bond donors (Lipinski definition) is 1. The number of hydrogen-bond acceptors (Lipinski definition) is 3. The lowest BCUT2D eigenvalue weighted by Crippen LogP contribution is -2.02. The van der Waals surface area contributed by atoms with Crippen LogP contribution >= 0.6 is 0 Å². The molecule has 2 aromatic carbocycles. The predicted molar refractivity (Wildman–Crippen MR) is 82.6 cm³/mol. The average molecular weight is 282 g/mol. The van der Waals surface area contributed by atoms with Crippen molar-refractivity contribution in [2.24, 2.45) is 0 Å². The fourth-order valence-electron chi connectivity index (χ4n) is 2.54. The Morgan fingerprint density at radius 3 is 2.71 bits per heavy atom. The van der Waals surface area contributed by atoms with Gasteiger partial charge in [-0.25, -0.2) is 0 Å². The molecule has 0 saturated carbocycles. The third-order valence-corrected chi connectivity index (χ3v) is 3.62. The van der Waals surface area contributed by atoms with Crippen LogP contribution in [0.25, 0.3) is 11.0 Å². The summed E-state index contributed by atoms with van der Waals surface area (Å²) in [4.78, 5) is 0. The van der Waals surface area contributed by atoms with Gasteiger partial charge in [0, 0.05) is 11.8 Å². The summed E-state index contributed by atoms with van der Waals surface area (Å²) in [5.41, 5.74) is 2.91. The Balaban J connectivity index is 1.89. The first-order valence-corrected chi connectivity index (χ1v) is 6.97. The van der Waals surface area contributed by atoms with E-state index in [1.165, 1.54) is 0 Å². The van der Waals surface area contributed by atoms with Gasteiger partial charge >= 0.3 is 0 Å². The molecule has 0 fully saturated rings. The Morgan fingerprint density at radius 2 is 1.95 bits per heavy atom. The van der Waals surface area contributed by atoms with Crippen LogP contribution in [0.4, 0.5) is 0 Å². The zero-order valence-corrected chi connectivity index (χ0v) is 12.2. The summed E-state index contributed by atoms with van der Waals surface area (Å²) in [6.45, 7) is 2.02. The highest BCUT2D eigenvalue weighted by molar-refractivity contribution is 5.77. The fourth-order valence-corrected chi connectivity index (χ4v) is 2.54. The average Bonchev–Trinajstić information content (AvgIpc) is 2.91. The maximum Gasteiger partial charge on any atom is 0.134 e. The van der Waals surface area contributed by atoms with E-state index >= 15 is 0 Å². The Kier molecular flexibility index (Phi) is 3.67. The van der Waals surface area contributed by atoms with Gasteiger partial charge in [-0.2, -0.15) is 0 Å². The highest BCUT2D eigenvalue weighted by Crippen LogP contribution is 2.29. The maximum absolute atomic E-state index is 10.4. The lowest BCUT2D eigenvalue weighted by atomic mass is 10.0. The largest absolute Gasteiger partial charge is 0.496 e. The standard InChI is InChI=1S/C18H18O3/c1-12-7-8-16(20-2)14(9-12)10-15(19)18-11-13-5-3-4-6-17(13)21-18/h3-9,11,15,19H,10H2,1-2H3. The van der Waals surface area contributed by atoms with Crippen LogP contribution in [0.3, 0.4) is 0 Å². The molecule has 0 aliphatic heterocycles. The first kappa shape index (κ1) is 13.7. The number of para-hydroxylation sites is 1. The normalized spacial score (nSPS) is 12.5. The summed E-state index contributed by atoms with van der Waals surface area (Å²) < 4.78 is 11.1. The molecule has 3 rings (SSSR count). The smallest absolute Gasteiger partial charge is 0.134 e. The third kappa shape index (κ3) is 2.78. The maximum atomic E-state index is 10.4. The third-order valence-electron chi connectivity index (χ3n) is 3.62. The van der Waals surface area contributed by atoms with Gasteiger partial charge in [0.15, 0.2) is 0 Å². The number of aliphatic hydroxyl groups is 1. The van der Waals surface area contributed by atoms with Crippen molar-refractivity contribution >= 4 is 11.0 Å². The van der Waals surface area contributed by atoms with Gasteiger partial charge in [0.1, 0.15) is 23.2 Å². The van der Waals surface area contributed by atoms with Gasteiger partial charge in [0.2, 0.25) is 0 Å². The molecule has 1 atom stereocenters. The van der Waals surface area contributed by atoms with Crippen molar-refractivity contribution in [1.29, 1.82) is 0 Å². The molecule has 3 heteroatoms. The Labute approximate surface area is 123 Å². The van der Waals surface area contributed by atoms with Gasteiger partial charge in [0.25, 0.3) is 0 Å². The number of furan rings is 1. The Bertz CT molecular complexity index is 725. The van der Waals surface area contributed by atoms with Gasteiger partial charge in [-0.05, 0) is 30.7 Å². The van der Waals surface area contributed by atoms with Crippen molar-refractivity contribution in [3.8, 4) is 5.75 Å². The molecule has 0 aliphatic rings. The number of benzene rings is 2. The lowest BCUT2D eigenvalue weighted by molar-refractivity contribution is 0.151. The molecule has 1 aromatic heterocycles. The van der Waals surface area contributed by atoms with Crippen molar-refractivity contribution in [2.75, 3.05) is 7.11 Å². The van der Waals surface area contributed by atoms with Crippen LogP contribution in [-0.2, 0) is 6.42 Å². The van der Waals surface area contributed by atoms with Gasteiger partial charge in [-0.15, -0.1) is 0 Å². The summed E-state index contributed by atoms with van der Waals surface area (Å²) in [5, 5.41) is 11.4. The SMILES string of the molecule is COc1ccc(C)cc1CC(O)c1cc2ccccc2o1. The number of fused-ring (bicyclic) bond motifs is 1. The number of aliphatic hydroxyl groups excluding tert-OH is 1. The van der Waals surface area contributed by atoms with E-state index in [-0.39, 0.29) is 0 Å². The molecule has 3 nitrogen and oxygen atoms in total. The van der Waals surface area contributed by atoms with Gasteiger partial charge in [-0.1, -0.05) is 35.9 Å². The second-order valence-corrected chi connectivity index (χ2v) is 5.22. The molecule has 0 spiro atoms. The zero-order chi connectivity index (χ0) is 14.8.